The van der Waals surface area contributed by atoms with E-state index in [4.69, 9.17) is 5.73 Å². The lowest BCUT2D eigenvalue weighted by molar-refractivity contribution is -0.124. The van der Waals surface area contributed by atoms with Gasteiger partial charge in [0.15, 0.2) is 0 Å². The molecule has 0 heterocycles. The number of nitrogens with one attached hydrogen (secondary N) is 1. The largest absolute Gasteiger partial charge is 0.352 e. The second-order valence-corrected chi connectivity index (χ2v) is 5.59. The van der Waals surface area contributed by atoms with Crippen molar-refractivity contribution in [2.45, 2.75) is 65.0 Å². The molecule has 94 valence electrons. The zero-order valence-electron chi connectivity index (χ0n) is 10.8. The van der Waals surface area contributed by atoms with Crippen LogP contribution in [0.4, 0.5) is 0 Å². The van der Waals surface area contributed by atoms with Gasteiger partial charge in [-0.2, -0.15) is 0 Å². The minimum absolute atomic E-state index is 0.0227. The molecule has 1 fully saturated rings. The molecule has 1 rings (SSSR count). The summed E-state index contributed by atoms with van der Waals surface area (Å²) in [6.07, 6.45) is 5.96. The first-order valence-electron chi connectivity index (χ1n) is 6.56. The predicted molar refractivity (Wildman–Crippen MR) is 67.0 cm³/mol. The van der Waals surface area contributed by atoms with E-state index in [1.54, 1.807) is 0 Å². The summed E-state index contributed by atoms with van der Waals surface area (Å²) in [6.45, 7) is 6.27. The summed E-state index contributed by atoms with van der Waals surface area (Å²) in [7, 11) is 0. The van der Waals surface area contributed by atoms with Gasteiger partial charge in [-0.25, -0.2) is 0 Å². The van der Waals surface area contributed by atoms with E-state index >= 15 is 0 Å². The Bertz CT molecular complexity index is 228. The van der Waals surface area contributed by atoms with E-state index in [0.29, 0.717) is 6.04 Å². The van der Waals surface area contributed by atoms with Gasteiger partial charge in [0.25, 0.3) is 0 Å². The third-order valence-electron chi connectivity index (χ3n) is 3.62. The lowest BCUT2D eigenvalue weighted by atomic mass is 10.0. The van der Waals surface area contributed by atoms with Crippen LogP contribution in [0.1, 0.15) is 52.9 Å². The molecule has 0 radical (unpaired) electrons. The molecule has 0 aromatic heterocycles. The first-order valence-corrected chi connectivity index (χ1v) is 6.56. The van der Waals surface area contributed by atoms with Crippen molar-refractivity contribution < 1.29 is 4.79 Å². The van der Waals surface area contributed by atoms with Gasteiger partial charge in [-0.1, -0.05) is 33.6 Å². The molecule has 3 N–H and O–H groups in total. The molecule has 1 amide bonds. The van der Waals surface area contributed by atoms with Crippen LogP contribution < -0.4 is 11.1 Å². The first kappa shape index (κ1) is 13.5. The van der Waals surface area contributed by atoms with Crippen molar-refractivity contribution in [1.82, 2.24) is 5.32 Å². The van der Waals surface area contributed by atoms with Gasteiger partial charge in [0, 0.05) is 6.04 Å². The summed E-state index contributed by atoms with van der Waals surface area (Å²) in [6, 6.07) is -0.0112. The molecule has 0 bridgehead atoms. The summed E-state index contributed by atoms with van der Waals surface area (Å²) >= 11 is 0. The van der Waals surface area contributed by atoms with Gasteiger partial charge >= 0.3 is 0 Å². The fraction of sp³-hybridized carbons (Fsp3) is 0.923. The molecule has 16 heavy (non-hydrogen) atoms. The predicted octanol–water partition coefficient (Wildman–Crippen LogP) is 2.05. The number of hydrogen-bond acceptors (Lipinski definition) is 2. The molecule has 1 saturated carbocycles. The summed E-state index contributed by atoms with van der Waals surface area (Å²) in [5.74, 6) is 1.04. The standard InChI is InChI=1S/C13H26N2O/c1-9(2)12(14)13(16)15-11-6-4-5-10(3)7-8-11/h9-12H,4-8,14H2,1-3H3,(H,15,16). The van der Waals surface area contributed by atoms with Crippen molar-refractivity contribution in [3.05, 3.63) is 0 Å². The van der Waals surface area contributed by atoms with Crippen molar-refractivity contribution in [3.8, 4) is 0 Å². The highest BCUT2D eigenvalue weighted by molar-refractivity contribution is 5.81. The highest BCUT2D eigenvalue weighted by Gasteiger charge is 2.22. The van der Waals surface area contributed by atoms with E-state index in [1.165, 1.54) is 19.3 Å². The van der Waals surface area contributed by atoms with E-state index < -0.39 is 0 Å². The maximum absolute atomic E-state index is 11.8. The topological polar surface area (TPSA) is 55.1 Å². The highest BCUT2D eigenvalue weighted by Crippen LogP contribution is 2.22. The van der Waals surface area contributed by atoms with Crippen molar-refractivity contribution in [2.75, 3.05) is 0 Å². The zero-order chi connectivity index (χ0) is 12.1. The molecular formula is C13H26N2O. The van der Waals surface area contributed by atoms with E-state index in [9.17, 15) is 4.79 Å². The Morgan fingerprint density at radius 3 is 2.56 bits per heavy atom. The molecule has 3 nitrogen and oxygen atoms in total. The molecule has 0 spiro atoms. The molecule has 0 aliphatic heterocycles. The maximum Gasteiger partial charge on any atom is 0.237 e. The average molecular weight is 226 g/mol. The van der Waals surface area contributed by atoms with E-state index in [2.05, 4.69) is 12.2 Å². The van der Waals surface area contributed by atoms with Crippen LogP contribution >= 0.6 is 0 Å². The third kappa shape index (κ3) is 4.12. The Balaban J connectivity index is 2.38. The van der Waals surface area contributed by atoms with Crippen molar-refractivity contribution in [2.24, 2.45) is 17.6 Å². The Hall–Kier alpha value is -0.570. The molecule has 0 aromatic carbocycles. The molecule has 3 unspecified atom stereocenters. The molecule has 1 aliphatic rings. The lowest BCUT2D eigenvalue weighted by Crippen LogP contribution is -2.47. The monoisotopic (exact) mass is 226 g/mol. The number of nitrogens with two attached hydrogens (primary N) is 1. The number of carbonyl (C=O) groups is 1. The van der Waals surface area contributed by atoms with Crippen LogP contribution in [0.25, 0.3) is 0 Å². The van der Waals surface area contributed by atoms with Crippen molar-refractivity contribution in [1.29, 1.82) is 0 Å². The van der Waals surface area contributed by atoms with Gasteiger partial charge in [-0.15, -0.1) is 0 Å². The molecule has 1 aliphatic carbocycles. The molecular weight excluding hydrogens is 200 g/mol. The van der Waals surface area contributed by atoms with Crippen LogP contribution in [-0.2, 0) is 4.79 Å². The fourth-order valence-electron chi connectivity index (χ4n) is 2.23. The van der Waals surface area contributed by atoms with Gasteiger partial charge in [-0.3, -0.25) is 4.79 Å². The normalized spacial score (nSPS) is 28.6. The Labute approximate surface area is 99.2 Å². The van der Waals surface area contributed by atoms with Gasteiger partial charge in [0.1, 0.15) is 0 Å². The smallest absolute Gasteiger partial charge is 0.237 e. The number of hydrogen-bond donors (Lipinski definition) is 2. The zero-order valence-corrected chi connectivity index (χ0v) is 10.8. The van der Waals surface area contributed by atoms with E-state index in [-0.39, 0.29) is 17.9 Å². The number of carbonyl (C=O) groups excluding carboxylic acids is 1. The van der Waals surface area contributed by atoms with Gasteiger partial charge in [0.2, 0.25) is 5.91 Å². The second-order valence-electron chi connectivity index (χ2n) is 5.59. The lowest BCUT2D eigenvalue weighted by Gasteiger charge is -2.21. The summed E-state index contributed by atoms with van der Waals surface area (Å²) in [5.41, 5.74) is 5.83. The van der Waals surface area contributed by atoms with E-state index in [0.717, 1.165) is 18.8 Å². The maximum atomic E-state index is 11.8. The third-order valence-corrected chi connectivity index (χ3v) is 3.62. The fourth-order valence-corrected chi connectivity index (χ4v) is 2.23. The summed E-state index contributed by atoms with van der Waals surface area (Å²) in [5, 5.41) is 3.10. The second kappa shape index (κ2) is 6.24. The van der Waals surface area contributed by atoms with Crippen LogP contribution in [0.5, 0.6) is 0 Å². The first-order chi connectivity index (χ1) is 7.50. The SMILES string of the molecule is CC1CCCC(NC(=O)C(N)C(C)C)CC1. The Kier molecular flexibility index (Phi) is 5.26. The average Bonchev–Trinajstić information content (AvgIpc) is 2.42. The molecule has 0 aromatic rings. The van der Waals surface area contributed by atoms with E-state index in [1.807, 2.05) is 13.8 Å². The minimum Gasteiger partial charge on any atom is -0.352 e. The van der Waals surface area contributed by atoms with Crippen LogP contribution in [0.2, 0.25) is 0 Å². The quantitative estimate of drug-likeness (QED) is 0.724. The number of amides is 1. The summed E-state index contributed by atoms with van der Waals surface area (Å²) < 4.78 is 0. The number of rotatable bonds is 3. The Morgan fingerprint density at radius 1 is 1.25 bits per heavy atom. The van der Waals surface area contributed by atoms with Crippen molar-refractivity contribution >= 4 is 5.91 Å². The summed E-state index contributed by atoms with van der Waals surface area (Å²) in [4.78, 5) is 11.8. The molecule has 0 saturated heterocycles. The molecule has 3 heteroatoms. The van der Waals surface area contributed by atoms with Gasteiger partial charge in [0.05, 0.1) is 6.04 Å². The van der Waals surface area contributed by atoms with Gasteiger partial charge in [-0.05, 0) is 31.1 Å². The highest BCUT2D eigenvalue weighted by atomic mass is 16.2. The van der Waals surface area contributed by atoms with Crippen LogP contribution in [-0.4, -0.2) is 18.0 Å². The van der Waals surface area contributed by atoms with Crippen LogP contribution in [0, 0.1) is 11.8 Å². The van der Waals surface area contributed by atoms with Crippen molar-refractivity contribution in [3.63, 3.8) is 0 Å². The van der Waals surface area contributed by atoms with Crippen LogP contribution in [0.15, 0.2) is 0 Å². The molecule has 3 atom stereocenters. The Morgan fingerprint density at radius 2 is 1.94 bits per heavy atom. The van der Waals surface area contributed by atoms with Crippen LogP contribution in [0.3, 0.4) is 0 Å². The van der Waals surface area contributed by atoms with Gasteiger partial charge < -0.3 is 11.1 Å². The minimum atomic E-state index is -0.360.